The molecule has 2 nitrogen and oxygen atoms in total. The van der Waals surface area contributed by atoms with E-state index in [0.29, 0.717) is 0 Å². The first-order valence-corrected chi connectivity index (χ1v) is 4.62. The first-order chi connectivity index (χ1) is 6.13. The van der Waals surface area contributed by atoms with Gasteiger partial charge in [0.05, 0.1) is 6.04 Å². The van der Waals surface area contributed by atoms with Gasteiger partial charge in [-0.25, -0.2) is 0 Å². The van der Waals surface area contributed by atoms with Crippen LogP contribution in [-0.4, -0.2) is 0 Å². The van der Waals surface area contributed by atoms with Crippen LogP contribution in [-0.2, 0) is 6.42 Å². The summed E-state index contributed by atoms with van der Waals surface area (Å²) >= 11 is 0. The van der Waals surface area contributed by atoms with Gasteiger partial charge in [0.15, 0.2) is 0 Å². The third-order valence-corrected chi connectivity index (χ3v) is 1.87. The van der Waals surface area contributed by atoms with E-state index >= 15 is 0 Å². The molecule has 0 aliphatic carbocycles. The fourth-order valence-electron chi connectivity index (χ4n) is 1.20. The number of furan rings is 1. The predicted molar refractivity (Wildman–Crippen MR) is 54.4 cm³/mol. The van der Waals surface area contributed by atoms with E-state index in [4.69, 9.17) is 10.2 Å². The summed E-state index contributed by atoms with van der Waals surface area (Å²) in [5, 5.41) is 0. The van der Waals surface area contributed by atoms with Crippen molar-refractivity contribution in [1.29, 1.82) is 0 Å². The average molecular weight is 179 g/mol. The Labute approximate surface area is 79.4 Å². The fraction of sp³-hybridized carbons (Fsp3) is 0.455. The van der Waals surface area contributed by atoms with Crippen molar-refractivity contribution >= 4 is 0 Å². The van der Waals surface area contributed by atoms with Gasteiger partial charge in [0.2, 0.25) is 0 Å². The summed E-state index contributed by atoms with van der Waals surface area (Å²) in [5.74, 6) is 1.84. The first kappa shape index (κ1) is 10.1. The summed E-state index contributed by atoms with van der Waals surface area (Å²) in [6.07, 6.45) is 2.92. The number of nitrogens with two attached hydrogens (primary N) is 1. The second-order valence-corrected chi connectivity index (χ2v) is 3.43. The highest BCUT2D eigenvalue weighted by Gasteiger charge is 2.06. The number of hydrogen-bond donors (Lipinski definition) is 1. The van der Waals surface area contributed by atoms with E-state index in [9.17, 15) is 0 Å². The summed E-state index contributed by atoms with van der Waals surface area (Å²) in [6, 6.07) is 3.82. The average Bonchev–Trinajstić information content (AvgIpc) is 2.50. The maximum absolute atomic E-state index is 5.89. The Morgan fingerprint density at radius 2 is 2.23 bits per heavy atom. The Hall–Kier alpha value is -1.02. The SMILES string of the molecule is CCc1ccc(C(N)C=C(C)C)o1. The van der Waals surface area contributed by atoms with Gasteiger partial charge in [-0.1, -0.05) is 18.6 Å². The Bertz CT molecular complexity index is 295. The third-order valence-electron chi connectivity index (χ3n) is 1.87. The molecule has 72 valence electrons. The zero-order valence-corrected chi connectivity index (χ0v) is 8.50. The summed E-state index contributed by atoms with van der Waals surface area (Å²) in [4.78, 5) is 0. The molecule has 2 N–H and O–H groups in total. The zero-order chi connectivity index (χ0) is 9.84. The molecule has 0 spiro atoms. The Morgan fingerprint density at radius 1 is 1.54 bits per heavy atom. The molecule has 1 unspecified atom stereocenters. The second-order valence-electron chi connectivity index (χ2n) is 3.43. The minimum Gasteiger partial charge on any atom is -0.464 e. The van der Waals surface area contributed by atoms with Crippen molar-refractivity contribution in [2.24, 2.45) is 5.73 Å². The lowest BCUT2D eigenvalue weighted by atomic mass is 10.2. The highest BCUT2D eigenvalue weighted by molar-refractivity contribution is 5.16. The number of allylic oxidation sites excluding steroid dienone is 1. The van der Waals surface area contributed by atoms with Gasteiger partial charge in [-0.3, -0.25) is 0 Å². The van der Waals surface area contributed by atoms with Crippen molar-refractivity contribution in [3.8, 4) is 0 Å². The van der Waals surface area contributed by atoms with E-state index in [-0.39, 0.29) is 6.04 Å². The van der Waals surface area contributed by atoms with Crippen molar-refractivity contribution in [2.45, 2.75) is 33.2 Å². The van der Waals surface area contributed by atoms with Crippen molar-refractivity contribution in [2.75, 3.05) is 0 Å². The lowest BCUT2D eigenvalue weighted by Gasteiger charge is -2.02. The van der Waals surface area contributed by atoms with Crippen LogP contribution in [0.5, 0.6) is 0 Å². The summed E-state index contributed by atoms with van der Waals surface area (Å²) in [7, 11) is 0. The maximum Gasteiger partial charge on any atom is 0.124 e. The molecule has 2 heteroatoms. The summed E-state index contributed by atoms with van der Waals surface area (Å²) < 4.78 is 5.53. The lowest BCUT2D eigenvalue weighted by Crippen LogP contribution is -2.05. The van der Waals surface area contributed by atoms with Crippen LogP contribution >= 0.6 is 0 Å². The molecule has 1 rings (SSSR count). The minimum atomic E-state index is -0.106. The predicted octanol–water partition coefficient (Wildman–Crippen LogP) is 2.81. The van der Waals surface area contributed by atoms with Crippen LogP contribution in [0.25, 0.3) is 0 Å². The van der Waals surface area contributed by atoms with Crippen molar-refractivity contribution in [1.82, 2.24) is 0 Å². The quantitative estimate of drug-likeness (QED) is 0.725. The van der Waals surface area contributed by atoms with Crippen molar-refractivity contribution < 1.29 is 4.42 Å². The highest BCUT2D eigenvalue weighted by atomic mass is 16.3. The Morgan fingerprint density at radius 3 is 2.69 bits per heavy atom. The van der Waals surface area contributed by atoms with Gasteiger partial charge in [0.25, 0.3) is 0 Å². The van der Waals surface area contributed by atoms with Crippen LogP contribution in [0.4, 0.5) is 0 Å². The monoisotopic (exact) mass is 179 g/mol. The number of hydrogen-bond acceptors (Lipinski definition) is 2. The first-order valence-electron chi connectivity index (χ1n) is 4.62. The van der Waals surface area contributed by atoms with Crippen molar-refractivity contribution in [3.05, 3.63) is 35.3 Å². The molecule has 0 fully saturated rings. The van der Waals surface area contributed by atoms with Gasteiger partial charge in [-0.2, -0.15) is 0 Å². The standard InChI is InChI=1S/C11H17NO/c1-4-9-5-6-11(13-9)10(12)7-8(2)3/h5-7,10H,4,12H2,1-3H3. The van der Waals surface area contributed by atoms with E-state index in [1.165, 1.54) is 5.57 Å². The second kappa shape index (κ2) is 4.28. The summed E-state index contributed by atoms with van der Waals surface area (Å²) in [6.45, 7) is 6.13. The van der Waals surface area contributed by atoms with E-state index in [2.05, 4.69) is 6.92 Å². The molecule has 0 aromatic carbocycles. The summed E-state index contributed by atoms with van der Waals surface area (Å²) in [5.41, 5.74) is 7.10. The lowest BCUT2D eigenvalue weighted by molar-refractivity contribution is 0.456. The maximum atomic E-state index is 5.89. The van der Waals surface area contributed by atoms with Gasteiger partial charge in [-0.05, 0) is 26.0 Å². The molecule has 0 radical (unpaired) electrons. The Balaban J connectivity index is 2.77. The molecule has 1 aromatic rings. The highest BCUT2D eigenvalue weighted by Crippen LogP contribution is 2.17. The van der Waals surface area contributed by atoms with E-state index in [0.717, 1.165) is 17.9 Å². The topological polar surface area (TPSA) is 39.2 Å². The van der Waals surface area contributed by atoms with Gasteiger partial charge in [0, 0.05) is 6.42 Å². The van der Waals surface area contributed by atoms with Gasteiger partial charge < -0.3 is 10.2 Å². The molecule has 0 saturated carbocycles. The molecular formula is C11H17NO. The molecule has 1 aromatic heterocycles. The van der Waals surface area contributed by atoms with E-state index in [1.54, 1.807) is 0 Å². The number of aryl methyl sites for hydroxylation is 1. The molecule has 13 heavy (non-hydrogen) atoms. The van der Waals surface area contributed by atoms with Crippen LogP contribution in [0, 0.1) is 0 Å². The molecular weight excluding hydrogens is 162 g/mol. The van der Waals surface area contributed by atoms with Crippen LogP contribution in [0.15, 0.2) is 28.2 Å². The zero-order valence-electron chi connectivity index (χ0n) is 8.50. The van der Waals surface area contributed by atoms with Crippen LogP contribution in [0.1, 0.15) is 38.3 Å². The van der Waals surface area contributed by atoms with Crippen molar-refractivity contribution in [3.63, 3.8) is 0 Å². The molecule has 0 aliphatic heterocycles. The van der Waals surface area contributed by atoms with Crippen LogP contribution in [0.2, 0.25) is 0 Å². The van der Waals surface area contributed by atoms with Gasteiger partial charge >= 0.3 is 0 Å². The normalized spacial score (nSPS) is 12.6. The van der Waals surface area contributed by atoms with Crippen LogP contribution in [0.3, 0.4) is 0 Å². The van der Waals surface area contributed by atoms with Gasteiger partial charge in [-0.15, -0.1) is 0 Å². The number of rotatable bonds is 3. The van der Waals surface area contributed by atoms with Gasteiger partial charge in [0.1, 0.15) is 11.5 Å². The molecule has 1 heterocycles. The van der Waals surface area contributed by atoms with Crippen LogP contribution < -0.4 is 5.73 Å². The fourth-order valence-corrected chi connectivity index (χ4v) is 1.20. The Kier molecular flexibility index (Phi) is 3.32. The molecule has 0 amide bonds. The molecule has 0 aliphatic rings. The molecule has 1 atom stereocenters. The molecule has 0 saturated heterocycles. The molecule has 0 bridgehead atoms. The minimum absolute atomic E-state index is 0.106. The smallest absolute Gasteiger partial charge is 0.124 e. The van der Waals surface area contributed by atoms with E-state index in [1.807, 2.05) is 32.1 Å². The third kappa shape index (κ3) is 2.74. The van der Waals surface area contributed by atoms with E-state index < -0.39 is 0 Å². The largest absolute Gasteiger partial charge is 0.464 e.